The third-order valence-corrected chi connectivity index (χ3v) is 6.81. The summed E-state index contributed by atoms with van der Waals surface area (Å²) in [4.78, 5) is 6.30. The Morgan fingerprint density at radius 2 is 1.33 bits per heavy atom. The average Bonchev–Trinajstić information content (AvgIpc) is 2.70. The van der Waals surface area contributed by atoms with Crippen LogP contribution in [0.1, 0.15) is 19.4 Å². The Morgan fingerprint density at radius 1 is 0.778 bits per heavy atom. The Bertz CT molecular complexity index is 781. The zero-order valence-corrected chi connectivity index (χ0v) is 16.9. The van der Waals surface area contributed by atoms with E-state index >= 15 is 0 Å². The lowest BCUT2D eigenvalue weighted by Gasteiger charge is -2.25. The molecule has 0 amide bonds. The van der Waals surface area contributed by atoms with Gasteiger partial charge in [-0.1, -0.05) is 48.5 Å². The summed E-state index contributed by atoms with van der Waals surface area (Å²) in [5.74, 6) is 0. The molecule has 0 fully saturated rings. The van der Waals surface area contributed by atoms with Gasteiger partial charge in [0.15, 0.2) is 14.7 Å². The summed E-state index contributed by atoms with van der Waals surface area (Å²) < 4.78 is 0. The van der Waals surface area contributed by atoms with Crippen LogP contribution in [0.3, 0.4) is 0 Å². The monoisotopic (exact) mass is 378 g/mol. The average molecular weight is 379 g/mol. The van der Waals surface area contributed by atoms with Crippen LogP contribution in [0.4, 0.5) is 0 Å². The third kappa shape index (κ3) is 5.23. The number of aliphatic hydroxyl groups is 1. The van der Waals surface area contributed by atoms with Gasteiger partial charge in [0.1, 0.15) is 0 Å². The van der Waals surface area contributed by atoms with Crippen LogP contribution < -0.4 is 0 Å². The van der Waals surface area contributed by atoms with E-state index < -0.39 is 0 Å². The van der Waals surface area contributed by atoms with Gasteiger partial charge in [0.2, 0.25) is 0 Å². The Labute approximate surface area is 165 Å². The van der Waals surface area contributed by atoms with Crippen LogP contribution in [-0.4, -0.2) is 29.2 Å². The summed E-state index contributed by atoms with van der Waals surface area (Å²) in [6, 6.07) is 30.8. The van der Waals surface area contributed by atoms with E-state index in [1.807, 2.05) is 0 Å². The lowest BCUT2D eigenvalue weighted by Crippen LogP contribution is -2.32. The molecule has 0 spiro atoms. The van der Waals surface area contributed by atoms with Gasteiger partial charge in [-0.3, -0.25) is 4.90 Å². The van der Waals surface area contributed by atoms with E-state index in [0.29, 0.717) is 12.6 Å². The van der Waals surface area contributed by atoms with Gasteiger partial charge < -0.3 is 5.11 Å². The maximum Gasteiger partial charge on any atom is 0.166 e. The Hall–Kier alpha value is -2.07. The maximum atomic E-state index is 9.36. The molecule has 0 saturated carbocycles. The summed E-state index contributed by atoms with van der Waals surface area (Å²) in [5, 5.41) is 9.36. The highest BCUT2D eigenvalue weighted by molar-refractivity contribution is 7.97. The van der Waals surface area contributed by atoms with E-state index in [1.54, 1.807) is 0 Å². The zero-order valence-electron chi connectivity index (χ0n) is 16.1. The molecule has 3 rings (SSSR count). The fraction of sp³-hybridized carbons (Fsp3) is 0.250. The maximum absolute atomic E-state index is 9.36. The molecule has 0 aliphatic heterocycles. The molecule has 2 nitrogen and oxygen atoms in total. The van der Waals surface area contributed by atoms with E-state index in [4.69, 9.17) is 0 Å². The van der Waals surface area contributed by atoms with Crippen molar-refractivity contribution in [3.05, 3.63) is 90.5 Å². The molecule has 27 heavy (non-hydrogen) atoms. The van der Waals surface area contributed by atoms with Crippen molar-refractivity contribution in [2.45, 2.75) is 41.1 Å². The molecule has 0 bridgehead atoms. The highest BCUT2D eigenvalue weighted by atomic mass is 32.2. The predicted molar refractivity (Wildman–Crippen MR) is 114 cm³/mol. The molecule has 0 aromatic heterocycles. The van der Waals surface area contributed by atoms with E-state index in [1.165, 1.54) is 20.2 Å². The van der Waals surface area contributed by atoms with E-state index in [9.17, 15) is 5.11 Å². The molecule has 3 heteroatoms. The molecule has 0 atom stereocenters. The lowest BCUT2D eigenvalue weighted by atomic mass is 10.2. The SMILES string of the molecule is CC(C)N(CCO)Cc1cccc([S+](c2ccccc2)c2ccccc2)c1. The molecule has 0 unspecified atom stereocenters. The van der Waals surface area contributed by atoms with Gasteiger partial charge >= 0.3 is 0 Å². The fourth-order valence-electron chi connectivity index (χ4n) is 3.18. The molecular formula is C24H28NOS+. The zero-order chi connectivity index (χ0) is 19.1. The van der Waals surface area contributed by atoms with Crippen LogP contribution in [0.15, 0.2) is 99.6 Å². The molecule has 0 radical (unpaired) electrons. The van der Waals surface area contributed by atoms with E-state index in [2.05, 4.69) is 104 Å². The van der Waals surface area contributed by atoms with Gasteiger partial charge in [0.05, 0.1) is 17.5 Å². The van der Waals surface area contributed by atoms with Crippen molar-refractivity contribution in [1.82, 2.24) is 4.90 Å². The van der Waals surface area contributed by atoms with Crippen LogP contribution in [0.5, 0.6) is 0 Å². The van der Waals surface area contributed by atoms with Gasteiger partial charge in [0, 0.05) is 19.1 Å². The summed E-state index contributed by atoms with van der Waals surface area (Å²) in [6.45, 7) is 6.10. The van der Waals surface area contributed by atoms with Crippen molar-refractivity contribution >= 4 is 10.9 Å². The largest absolute Gasteiger partial charge is 0.395 e. The minimum atomic E-state index is -0.122. The van der Waals surface area contributed by atoms with Crippen LogP contribution >= 0.6 is 0 Å². The second kappa shape index (κ2) is 9.75. The highest BCUT2D eigenvalue weighted by Crippen LogP contribution is 2.31. The Balaban J connectivity index is 1.96. The molecule has 140 valence electrons. The molecular weight excluding hydrogens is 350 g/mol. The van der Waals surface area contributed by atoms with Crippen LogP contribution in [-0.2, 0) is 17.4 Å². The first-order valence-electron chi connectivity index (χ1n) is 9.47. The second-order valence-corrected chi connectivity index (χ2v) is 8.89. The number of nitrogens with zero attached hydrogens (tertiary/aromatic N) is 1. The predicted octanol–water partition coefficient (Wildman–Crippen LogP) is 4.98. The van der Waals surface area contributed by atoms with Gasteiger partial charge in [-0.15, -0.1) is 0 Å². The van der Waals surface area contributed by atoms with Crippen molar-refractivity contribution in [2.24, 2.45) is 0 Å². The molecule has 3 aromatic rings. The van der Waals surface area contributed by atoms with Crippen LogP contribution in [0.2, 0.25) is 0 Å². The summed E-state index contributed by atoms with van der Waals surface area (Å²) in [6.07, 6.45) is 0. The van der Waals surface area contributed by atoms with Crippen molar-refractivity contribution in [1.29, 1.82) is 0 Å². The van der Waals surface area contributed by atoms with Gasteiger partial charge in [0.25, 0.3) is 0 Å². The van der Waals surface area contributed by atoms with E-state index in [-0.39, 0.29) is 17.5 Å². The van der Waals surface area contributed by atoms with Crippen LogP contribution in [0, 0.1) is 0 Å². The number of benzene rings is 3. The molecule has 3 aromatic carbocycles. The number of rotatable bonds is 8. The van der Waals surface area contributed by atoms with Crippen LogP contribution in [0.25, 0.3) is 0 Å². The highest BCUT2D eigenvalue weighted by Gasteiger charge is 2.28. The standard InChI is InChI=1S/C24H28NOS/c1-20(2)25(16-17-26)19-21-10-9-15-24(18-21)27(22-11-5-3-6-12-22)23-13-7-4-8-14-23/h3-15,18,20,26H,16-17,19H2,1-2H3/q+1. The number of hydrogen-bond donors (Lipinski definition) is 1. The molecule has 0 heterocycles. The molecule has 0 aliphatic rings. The molecule has 0 saturated heterocycles. The minimum absolute atomic E-state index is 0.122. The minimum Gasteiger partial charge on any atom is -0.395 e. The van der Waals surface area contributed by atoms with Gasteiger partial charge in [-0.2, -0.15) is 0 Å². The normalized spacial score (nSPS) is 11.5. The van der Waals surface area contributed by atoms with Crippen molar-refractivity contribution in [3.8, 4) is 0 Å². The van der Waals surface area contributed by atoms with Gasteiger partial charge in [-0.25, -0.2) is 0 Å². The Kier molecular flexibility index (Phi) is 7.11. The summed E-state index contributed by atoms with van der Waals surface area (Å²) in [5.41, 5.74) is 1.29. The van der Waals surface area contributed by atoms with E-state index in [0.717, 1.165) is 6.54 Å². The summed E-state index contributed by atoms with van der Waals surface area (Å²) in [7, 11) is -0.122. The first-order valence-corrected chi connectivity index (χ1v) is 10.7. The van der Waals surface area contributed by atoms with Crippen molar-refractivity contribution < 1.29 is 5.11 Å². The molecule has 0 aliphatic carbocycles. The Morgan fingerprint density at radius 3 is 1.85 bits per heavy atom. The quantitative estimate of drug-likeness (QED) is 0.559. The molecule has 1 N–H and O–H groups in total. The fourth-order valence-corrected chi connectivity index (χ4v) is 5.33. The first kappa shape index (κ1) is 19.7. The topological polar surface area (TPSA) is 23.5 Å². The summed E-state index contributed by atoms with van der Waals surface area (Å²) >= 11 is 0. The second-order valence-electron chi connectivity index (χ2n) is 6.87. The number of hydrogen-bond acceptors (Lipinski definition) is 2. The third-order valence-electron chi connectivity index (χ3n) is 4.60. The van der Waals surface area contributed by atoms with Gasteiger partial charge in [-0.05, 0) is 55.8 Å². The number of aliphatic hydroxyl groups excluding tert-OH is 1. The van der Waals surface area contributed by atoms with Crippen molar-refractivity contribution in [3.63, 3.8) is 0 Å². The first-order chi connectivity index (χ1) is 13.2. The smallest absolute Gasteiger partial charge is 0.166 e. The van der Waals surface area contributed by atoms with Crippen molar-refractivity contribution in [2.75, 3.05) is 13.2 Å². The lowest BCUT2D eigenvalue weighted by molar-refractivity contribution is 0.159.